The fraction of sp³-hybridized carbons (Fsp3) is 0.417. The zero-order valence-corrected chi connectivity index (χ0v) is 21.2. The first-order chi connectivity index (χ1) is 16.0. The fourth-order valence-electron chi connectivity index (χ4n) is 2.94. The molecule has 0 aliphatic carbocycles. The van der Waals surface area contributed by atoms with E-state index >= 15 is 0 Å². The van der Waals surface area contributed by atoms with Crippen molar-refractivity contribution in [2.45, 2.75) is 46.6 Å². The summed E-state index contributed by atoms with van der Waals surface area (Å²) < 4.78 is 5.09. The molecule has 0 unspecified atom stereocenters. The number of hydrogen-bond acceptors (Lipinski definition) is 7. The average Bonchev–Trinajstić information content (AvgIpc) is 3.12. The van der Waals surface area contributed by atoms with E-state index in [2.05, 4.69) is 21.3 Å². The molecular weight excluding hydrogens is 456 g/mol. The highest BCUT2D eigenvalue weighted by Gasteiger charge is 2.26. The van der Waals surface area contributed by atoms with Gasteiger partial charge in [-0.2, -0.15) is 0 Å². The molecule has 10 heteroatoms. The van der Waals surface area contributed by atoms with Gasteiger partial charge in [-0.1, -0.05) is 6.92 Å². The predicted octanol–water partition coefficient (Wildman–Crippen LogP) is 3.56. The second-order valence-electron chi connectivity index (χ2n) is 8.23. The predicted molar refractivity (Wildman–Crippen MR) is 134 cm³/mol. The molecule has 0 saturated carbocycles. The van der Waals surface area contributed by atoms with Gasteiger partial charge in [0.05, 0.1) is 23.6 Å². The Labute approximate surface area is 203 Å². The molecular formula is C24H32N4O5S. The molecule has 0 radical (unpaired) electrons. The van der Waals surface area contributed by atoms with Crippen LogP contribution < -0.4 is 21.3 Å². The van der Waals surface area contributed by atoms with E-state index < -0.39 is 11.9 Å². The van der Waals surface area contributed by atoms with Crippen LogP contribution in [0.3, 0.4) is 0 Å². The van der Waals surface area contributed by atoms with Gasteiger partial charge in [0.1, 0.15) is 5.00 Å². The highest BCUT2D eigenvalue weighted by Crippen LogP contribution is 2.33. The summed E-state index contributed by atoms with van der Waals surface area (Å²) in [7, 11) is 1.49. The van der Waals surface area contributed by atoms with E-state index in [-0.39, 0.29) is 41.1 Å². The molecule has 0 saturated heterocycles. The minimum absolute atomic E-state index is 0.0804. The van der Waals surface area contributed by atoms with E-state index in [9.17, 15) is 19.2 Å². The van der Waals surface area contributed by atoms with Crippen molar-refractivity contribution in [1.29, 1.82) is 0 Å². The van der Waals surface area contributed by atoms with Crippen LogP contribution in [0.2, 0.25) is 0 Å². The molecule has 3 amide bonds. The lowest BCUT2D eigenvalue weighted by Crippen LogP contribution is -2.42. The number of carbonyl (C=O) groups is 4. The number of amides is 3. The zero-order chi connectivity index (χ0) is 25.5. The molecule has 9 nitrogen and oxygen atoms in total. The van der Waals surface area contributed by atoms with Crippen molar-refractivity contribution in [2.24, 2.45) is 0 Å². The number of hydrogen-bond donors (Lipinski definition) is 4. The van der Waals surface area contributed by atoms with Crippen LogP contribution >= 0.6 is 11.3 Å². The van der Waals surface area contributed by atoms with Crippen LogP contribution in [0, 0.1) is 6.92 Å². The first-order valence-electron chi connectivity index (χ1n) is 11.0. The van der Waals surface area contributed by atoms with Crippen molar-refractivity contribution >= 4 is 45.7 Å². The standard InChI is InChI=1S/C24H32N4O5S/c1-7-24(4,5)28-20(30)15-9-11-16(12-10-15)26-13-17(29)27-22-18(23(32)33-8-2)14(3)19(34-22)21(31)25-6/h9-12,26H,7-8,13H2,1-6H3,(H,25,31)(H,27,29)(H,28,30). The van der Waals surface area contributed by atoms with Crippen LogP contribution in [0.1, 0.15) is 70.1 Å². The normalized spacial score (nSPS) is 10.9. The van der Waals surface area contributed by atoms with Crippen LogP contribution in [-0.4, -0.2) is 49.4 Å². The summed E-state index contributed by atoms with van der Waals surface area (Å²) in [6, 6.07) is 6.78. The maximum atomic E-state index is 12.6. The Kier molecular flexibility index (Phi) is 9.19. The summed E-state index contributed by atoms with van der Waals surface area (Å²) in [6.07, 6.45) is 0.805. The van der Waals surface area contributed by atoms with Gasteiger partial charge in [0.15, 0.2) is 0 Å². The first-order valence-corrected chi connectivity index (χ1v) is 11.8. The Balaban J connectivity index is 2.07. The lowest BCUT2D eigenvalue weighted by Gasteiger charge is -2.24. The van der Waals surface area contributed by atoms with Crippen LogP contribution in [-0.2, 0) is 9.53 Å². The third-order valence-electron chi connectivity index (χ3n) is 5.25. The highest BCUT2D eigenvalue weighted by molar-refractivity contribution is 7.18. The lowest BCUT2D eigenvalue weighted by atomic mass is 10.0. The van der Waals surface area contributed by atoms with Gasteiger partial charge in [-0.25, -0.2) is 4.79 Å². The molecule has 2 rings (SSSR count). The van der Waals surface area contributed by atoms with E-state index in [1.54, 1.807) is 38.1 Å². The number of carbonyl (C=O) groups excluding carboxylic acids is 4. The molecule has 1 aromatic heterocycles. The van der Waals surface area contributed by atoms with Gasteiger partial charge < -0.3 is 26.0 Å². The van der Waals surface area contributed by atoms with Gasteiger partial charge in [-0.05, 0) is 63.9 Å². The first kappa shape index (κ1) is 26.8. The summed E-state index contributed by atoms with van der Waals surface area (Å²) in [5.41, 5.74) is 1.49. The van der Waals surface area contributed by atoms with Gasteiger partial charge in [0.2, 0.25) is 5.91 Å². The molecule has 0 fully saturated rings. The van der Waals surface area contributed by atoms with E-state index in [1.165, 1.54) is 7.05 Å². The van der Waals surface area contributed by atoms with Crippen molar-refractivity contribution in [2.75, 3.05) is 30.8 Å². The molecule has 1 heterocycles. The Morgan fingerprint density at radius 1 is 1.03 bits per heavy atom. The summed E-state index contributed by atoms with van der Waals surface area (Å²) >= 11 is 1.02. The maximum Gasteiger partial charge on any atom is 0.341 e. The van der Waals surface area contributed by atoms with E-state index in [0.29, 0.717) is 21.7 Å². The second-order valence-corrected chi connectivity index (χ2v) is 9.25. The second kappa shape index (κ2) is 11.6. The summed E-state index contributed by atoms with van der Waals surface area (Å²) in [5.74, 6) is -1.52. The SMILES string of the molecule is CCOC(=O)c1c(NC(=O)CNc2ccc(C(=O)NC(C)(C)CC)cc2)sc(C(=O)NC)c1C. The van der Waals surface area contributed by atoms with Gasteiger partial charge in [0, 0.05) is 23.8 Å². The van der Waals surface area contributed by atoms with Crippen LogP contribution in [0.5, 0.6) is 0 Å². The number of rotatable bonds is 10. The van der Waals surface area contributed by atoms with Crippen molar-refractivity contribution < 1.29 is 23.9 Å². The summed E-state index contributed by atoms with van der Waals surface area (Å²) in [4.78, 5) is 49.8. The van der Waals surface area contributed by atoms with Gasteiger partial charge in [-0.15, -0.1) is 11.3 Å². The lowest BCUT2D eigenvalue weighted by molar-refractivity contribution is -0.114. The molecule has 2 aromatic rings. The minimum Gasteiger partial charge on any atom is -0.462 e. The smallest absolute Gasteiger partial charge is 0.341 e. The van der Waals surface area contributed by atoms with E-state index in [1.807, 2.05) is 20.8 Å². The number of esters is 1. The Morgan fingerprint density at radius 3 is 2.24 bits per heavy atom. The van der Waals surface area contributed by atoms with Gasteiger partial charge in [0.25, 0.3) is 11.8 Å². The number of ether oxygens (including phenoxy) is 1. The third-order valence-corrected chi connectivity index (χ3v) is 6.45. The third kappa shape index (κ3) is 6.80. The fourth-order valence-corrected chi connectivity index (χ4v) is 4.10. The van der Waals surface area contributed by atoms with Gasteiger partial charge >= 0.3 is 5.97 Å². The van der Waals surface area contributed by atoms with Crippen molar-refractivity contribution in [1.82, 2.24) is 10.6 Å². The minimum atomic E-state index is -0.602. The molecule has 0 aliphatic heterocycles. The maximum absolute atomic E-state index is 12.6. The molecule has 1 aromatic carbocycles. The molecule has 0 aliphatic rings. The van der Waals surface area contributed by atoms with Crippen LogP contribution in [0.4, 0.5) is 10.7 Å². The summed E-state index contributed by atoms with van der Waals surface area (Å²) in [5, 5.41) is 11.4. The van der Waals surface area contributed by atoms with Crippen molar-refractivity contribution in [3.63, 3.8) is 0 Å². The number of thiophene rings is 1. The van der Waals surface area contributed by atoms with E-state index in [0.717, 1.165) is 17.8 Å². The van der Waals surface area contributed by atoms with Crippen molar-refractivity contribution in [3.05, 3.63) is 45.8 Å². The largest absolute Gasteiger partial charge is 0.462 e. The molecule has 0 atom stereocenters. The van der Waals surface area contributed by atoms with Gasteiger partial charge in [-0.3, -0.25) is 14.4 Å². The average molecular weight is 489 g/mol. The highest BCUT2D eigenvalue weighted by atomic mass is 32.1. The van der Waals surface area contributed by atoms with Crippen LogP contribution in [0.15, 0.2) is 24.3 Å². The summed E-state index contributed by atoms with van der Waals surface area (Å²) in [6.45, 7) is 9.33. The number of nitrogens with one attached hydrogen (secondary N) is 4. The molecule has 4 N–H and O–H groups in total. The monoisotopic (exact) mass is 488 g/mol. The van der Waals surface area contributed by atoms with E-state index in [4.69, 9.17) is 4.74 Å². The molecule has 34 heavy (non-hydrogen) atoms. The van der Waals surface area contributed by atoms with Crippen molar-refractivity contribution in [3.8, 4) is 0 Å². The molecule has 0 spiro atoms. The molecule has 0 bridgehead atoms. The number of benzene rings is 1. The Bertz CT molecular complexity index is 1060. The topological polar surface area (TPSA) is 126 Å². The van der Waals surface area contributed by atoms with Crippen LogP contribution in [0.25, 0.3) is 0 Å². The molecule has 184 valence electrons. The zero-order valence-electron chi connectivity index (χ0n) is 20.4. The quantitative estimate of drug-likeness (QED) is 0.379. The Morgan fingerprint density at radius 2 is 1.68 bits per heavy atom. The Hall–Kier alpha value is -3.40. The number of anilines is 2.